The van der Waals surface area contributed by atoms with Gasteiger partial charge in [0.25, 0.3) is 0 Å². The van der Waals surface area contributed by atoms with Crippen LogP contribution in [0.2, 0.25) is 0 Å². The van der Waals surface area contributed by atoms with Crippen LogP contribution in [0.15, 0.2) is 24.3 Å². The van der Waals surface area contributed by atoms with Crippen LogP contribution >= 0.6 is 11.6 Å². The van der Waals surface area contributed by atoms with E-state index in [2.05, 4.69) is 24.5 Å². The lowest BCUT2D eigenvalue weighted by molar-refractivity contribution is -0.122. The van der Waals surface area contributed by atoms with Crippen molar-refractivity contribution in [3.05, 3.63) is 29.8 Å². The van der Waals surface area contributed by atoms with Gasteiger partial charge in [-0.2, -0.15) is 0 Å². The van der Waals surface area contributed by atoms with Crippen molar-refractivity contribution in [1.82, 2.24) is 5.32 Å². The molecule has 18 heavy (non-hydrogen) atoms. The molecule has 0 heterocycles. The summed E-state index contributed by atoms with van der Waals surface area (Å²) in [6.07, 6.45) is 0. The Kier molecular flexibility index (Phi) is 5.65. The maximum Gasteiger partial charge on any atom is 0.243 e. The number of carbonyl (C=O) groups excluding carboxylic acids is 2. The van der Waals surface area contributed by atoms with Gasteiger partial charge in [0.05, 0.1) is 6.54 Å². The van der Waals surface area contributed by atoms with E-state index in [0.717, 1.165) is 0 Å². The van der Waals surface area contributed by atoms with Crippen LogP contribution in [0.4, 0.5) is 5.69 Å². The van der Waals surface area contributed by atoms with Crippen molar-refractivity contribution in [3.63, 3.8) is 0 Å². The molecule has 0 saturated heterocycles. The van der Waals surface area contributed by atoms with Crippen molar-refractivity contribution in [3.8, 4) is 0 Å². The lowest BCUT2D eigenvalue weighted by Crippen LogP contribution is -2.33. The van der Waals surface area contributed by atoms with Crippen LogP contribution in [0.25, 0.3) is 0 Å². The second kappa shape index (κ2) is 7.01. The first-order valence-corrected chi connectivity index (χ1v) is 6.29. The summed E-state index contributed by atoms with van der Waals surface area (Å²) in [5, 5.41) is 5.09. The Bertz CT molecular complexity index is 416. The van der Waals surface area contributed by atoms with E-state index < -0.39 is 0 Å². The lowest BCUT2D eigenvalue weighted by atomic mass is 10.0. The molecule has 0 fully saturated rings. The zero-order valence-corrected chi connectivity index (χ0v) is 11.3. The van der Waals surface area contributed by atoms with E-state index in [1.54, 1.807) is 0 Å². The van der Waals surface area contributed by atoms with Crippen LogP contribution in [-0.4, -0.2) is 24.2 Å². The Hall–Kier alpha value is -1.55. The zero-order valence-electron chi connectivity index (χ0n) is 10.5. The van der Waals surface area contributed by atoms with Crippen LogP contribution in [0.3, 0.4) is 0 Å². The Morgan fingerprint density at radius 1 is 1.17 bits per heavy atom. The number of anilines is 1. The third-order valence-corrected chi connectivity index (χ3v) is 2.67. The number of hydrogen-bond donors (Lipinski definition) is 2. The molecule has 98 valence electrons. The number of halogens is 1. The maximum absolute atomic E-state index is 11.5. The average Bonchev–Trinajstić information content (AvgIpc) is 2.36. The smallest absolute Gasteiger partial charge is 0.243 e. The van der Waals surface area contributed by atoms with E-state index in [0.29, 0.717) is 11.6 Å². The van der Waals surface area contributed by atoms with E-state index in [1.165, 1.54) is 5.56 Å². The van der Waals surface area contributed by atoms with Crippen molar-refractivity contribution >= 4 is 29.1 Å². The molecule has 5 heteroatoms. The minimum Gasteiger partial charge on any atom is -0.346 e. The zero-order chi connectivity index (χ0) is 13.5. The normalized spacial score (nSPS) is 10.2. The molecule has 2 N–H and O–H groups in total. The number of carbonyl (C=O) groups is 2. The van der Waals surface area contributed by atoms with E-state index in [9.17, 15) is 9.59 Å². The average molecular weight is 269 g/mol. The maximum atomic E-state index is 11.5. The third-order valence-electron chi connectivity index (χ3n) is 2.43. The Balaban J connectivity index is 2.47. The first kappa shape index (κ1) is 14.5. The molecule has 0 saturated carbocycles. The first-order valence-electron chi connectivity index (χ1n) is 5.75. The van der Waals surface area contributed by atoms with Crippen LogP contribution in [0, 0.1) is 0 Å². The molecule has 0 aliphatic rings. The third kappa shape index (κ3) is 4.75. The Morgan fingerprint density at radius 2 is 1.78 bits per heavy atom. The van der Waals surface area contributed by atoms with Gasteiger partial charge in [-0.15, -0.1) is 11.6 Å². The van der Waals surface area contributed by atoms with Gasteiger partial charge < -0.3 is 10.6 Å². The van der Waals surface area contributed by atoms with Crippen molar-refractivity contribution in [2.45, 2.75) is 19.8 Å². The van der Waals surface area contributed by atoms with Gasteiger partial charge >= 0.3 is 0 Å². The molecule has 1 rings (SSSR count). The summed E-state index contributed by atoms with van der Waals surface area (Å²) in [6, 6.07) is 7.63. The standard InChI is InChI=1S/C13H17ClN2O2/c1-9(2)10-3-5-11(6-4-10)16-13(18)8-15-12(17)7-14/h3-6,9H,7-8H2,1-2H3,(H,15,17)(H,16,18). The lowest BCUT2D eigenvalue weighted by Gasteiger charge is -2.08. The van der Waals surface area contributed by atoms with Crippen LogP contribution < -0.4 is 10.6 Å². The second-order valence-electron chi connectivity index (χ2n) is 4.24. The van der Waals surface area contributed by atoms with Crippen LogP contribution in [-0.2, 0) is 9.59 Å². The van der Waals surface area contributed by atoms with E-state index in [-0.39, 0.29) is 24.2 Å². The monoisotopic (exact) mass is 268 g/mol. The fraction of sp³-hybridized carbons (Fsp3) is 0.385. The summed E-state index contributed by atoms with van der Waals surface area (Å²) >= 11 is 5.30. The summed E-state index contributed by atoms with van der Waals surface area (Å²) in [5.41, 5.74) is 1.92. The van der Waals surface area contributed by atoms with Crippen molar-refractivity contribution < 1.29 is 9.59 Å². The summed E-state index contributed by atoms with van der Waals surface area (Å²) in [6.45, 7) is 4.14. The highest BCUT2D eigenvalue weighted by atomic mass is 35.5. The Morgan fingerprint density at radius 3 is 2.28 bits per heavy atom. The van der Waals surface area contributed by atoms with Gasteiger partial charge in [-0.25, -0.2) is 0 Å². The molecule has 0 radical (unpaired) electrons. The predicted octanol–water partition coefficient (Wildman–Crippen LogP) is 2.10. The molecule has 1 aromatic rings. The minimum atomic E-state index is -0.359. The summed E-state index contributed by atoms with van der Waals surface area (Å²) in [5.74, 6) is -0.318. The topological polar surface area (TPSA) is 58.2 Å². The molecule has 4 nitrogen and oxygen atoms in total. The number of hydrogen-bond acceptors (Lipinski definition) is 2. The first-order chi connectivity index (χ1) is 8.52. The highest BCUT2D eigenvalue weighted by molar-refractivity contribution is 6.27. The van der Waals surface area contributed by atoms with Gasteiger partial charge in [-0.05, 0) is 23.6 Å². The van der Waals surface area contributed by atoms with Crippen LogP contribution in [0.1, 0.15) is 25.3 Å². The predicted molar refractivity (Wildman–Crippen MR) is 72.9 cm³/mol. The van der Waals surface area contributed by atoms with Crippen molar-refractivity contribution in [1.29, 1.82) is 0 Å². The molecule has 0 atom stereocenters. The fourth-order valence-electron chi connectivity index (χ4n) is 1.38. The van der Waals surface area contributed by atoms with Gasteiger partial charge in [0, 0.05) is 5.69 Å². The summed E-state index contributed by atoms with van der Waals surface area (Å²) < 4.78 is 0. The number of alkyl halides is 1. The molecule has 0 aliphatic heterocycles. The summed E-state index contributed by atoms with van der Waals surface area (Å²) in [4.78, 5) is 22.3. The quantitative estimate of drug-likeness (QED) is 0.804. The molecule has 2 amide bonds. The molecule has 1 aromatic carbocycles. The molecule has 0 spiro atoms. The SMILES string of the molecule is CC(C)c1ccc(NC(=O)CNC(=O)CCl)cc1. The van der Waals surface area contributed by atoms with E-state index >= 15 is 0 Å². The van der Waals surface area contributed by atoms with E-state index in [1.807, 2.05) is 24.3 Å². The number of rotatable bonds is 5. The number of benzene rings is 1. The minimum absolute atomic E-state index is 0.0719. The van der Waals surface area contributed by atoms with Crippen molar-refractivity contribution in [2.75, 3.05) is 17.7 Å². The van der Waals surface area contributed by atoms with Crippen molar-refractivity contribution in [2.24, 2.45) is 0 Å². The molecule has 0 unspecified atom stereocenters. The molecular formula is C13H17ClN2O2. The molecule has 0 aromatic heterocycles. The number of amides is 2. The number of nitrogens with one attached hydrogen (secondary N) is 2. The highest BCUT2D eigenvalue weighted by Crippen LogP contribution is 2.16. The van der Waals surface area contributed by atoms with E-state index in [4.69, 9.17) is 11.6 Å². The van der Waals surface area contributed by atoms with Gasteiger partial charge in [0.15, 0.2) is 0 Å². The van der Waals surface area contributed by atoms with Gasteiger partial charge in [-0.1, -0.05) is 26.0 Å². The van der Waals surface area contributed by atoms with Gasteiger partial charge in [0.1, 0.15) is 5.88 Å². The molecule has 0 bridgehead atoms. The van der Waals surface area contributed by atoms with Gasteiger partial charge in [-0.3, -0.25) is 9.59 Å². The van der Waals surface area contributed by atoms with Crippen LogP contribution in [0.5, 0.6) is 0 Å². The second-order valence-corrected chi connectivity index (χ2v) is 4.50. The molecular weight excluding hydrogens is 252 g/mol. The summed E-state index contributed by atoms with van der Waals surface area (Å²) in [7, 11) is 0. The largest absolute Gasteiger partial charge is 0.346 e. The molecule has 0 aliphatic carbocycles. The van der Waals surface area contributed by atoms with Gasteiger partial charge in [0.2, 0.25) is 11.8 Å². The highest BCUT2D eigenvalue weighted by Gasteiger charge is 2.05. The fourth-order valence-corrected chi connectivity index (χ4v) is 1.48. The Labute approximate surface area is 112 Å².